The van der Waals surface area contributed by atoms with Gasteiger partial charge in [0.25, 0.3) is 0 Å². The van der Waals surface area contributed by atoms with Crippen LogP contribution in [0.25, 0.3) is 0 Å². The van der Waals surface area contributed by atoms with E-state index in [1.54, 1.807) is 0 Å². The summed E-state index contributed by atoms with van der Waals surface area (Å²) in [6.07, 6.45) is 3.47. The molecule has 0 aromatic rings. The topological polar surface area (TPSA) is 50.1 Å². The Morgan fingerprint density at radius 3 is 2.64 bits per heavy atom. The van der Waals surface area contributed by atoms with Crippen LogP contribution in [-0.2, 0) is 9.53 Å². The molecule has 3 nitrogen and oxygen atoms in total. The van der Waals surface area contributed by atoms with Gasteiger partial charge in [-0.25, -0.2) is 4.79 Å². The van der Waals surface area contributed by atoms with Gasteiger partial charge in [0.2, 0.25) is 0 Å². The summed E-state index contributed by atoms with van der Waals surface area (Å²) in [7, 11) is 1.36. The molecule has 3 heteroatoms. The zero-order valence-electron chi connectivity index (χ0n) is 6.64. The Morgan fingerprint density at radius 2 is 2.09 bits per heavy atom. The van der Waals surface area contributed by atoms with Gasteiger partial charge in [0.05, 0.1) is 12.7 Å². The molecule has 0 aromatic carbocycles. The van der Waals surface area contributed by atoms with Crippen LogP contribution < -0.4 is 5.73 Å². The molecule has 0 unspecified atom stereocenters. The van der Waals surface area contributed by atoms with E-state index >= 15 is 0 Å². The van der Waals surface area contributed by atoms with Crippen molar-refractivity contribution in [3.8, 4) is 0 Å². The van der Waals surface area contributed by atoms with Crippen molar-refractivity contribution in [2.24, 2.45) is 0 Å². The number of methoxy groups -OCH3 is 1. The molecule has 0 amide bonds. The molecule has 0 heterocycles. The van der Waals surface area contributed by atoms with Crippen molar-refractivity contribution in [1.29, 1.82) is 0 Å². The molecule has 0 atom stereocenters. The van der Waals surface area contributed by atoms with Gasteiger partial charge in [-0.1, -0.05) is 0 Å². The summed E-state index contributed by atoms with van der Waals surface area (Å²) in [5, 5.41) is 0. The average molecular weight is 154 g/mol. The van der Waals surface area contributed by atoms with Crippen molar-refractivity contribution in [3.63, 3.8) is 0 Å². The maximum Gasteiger partial charge on any atom is 0.335 e. The minimum Gasteiger partial charge on any atom is -0.466 e. The van der Waals surface area contributed by atoms with Crippen LogP contribution in [0.5, 0.6) is 0 Å². The second-order valence-corrected chi connectivity index (χ2v) is 2.66. The number of ether oxygens (including phenoxy) is 1. The molecule has 0 bridgehead atoms. The van der Waals surface area contributed by atoms with Crippen molar-refractivity contribution in [2.45, 2.75) is 25.7 Å². The maximum absolute atomic E-state index is 11.0. The smallest absolute Gasteiger partial charge is 0.335 e. The fourth-order valence-electron chi connectivity index (χ4n) is 1.25. The Balaban J connectivity index is 2.74. The first-order valence-electron chi connectivity index (χ1n) is 3.77. The van der Waals surface area contributed by atoms with Gasteiger partial charge in [-0.3, -0.25) is 0 Å². The van der Waals surface area contributed by atoms with Gasteiger partial charge >= 0.3 is 5.97 Å². The fourth-order valence-corrected chi connectivity index (χ4v) is 1.25. The number of nitrogens with one attached hydrogen (secondary N) is 1. The van der Waals surface area contributed by atoms with E-state index in [2.05, 4.69) is 4.74 Å². The zero-order valence-corrected chi connectivity index (χ0v) is 6.64. The van der Waals surface area contributed by atoms with Crippen LogP contribution in [0.3, 0.4) is 0 Å². The summed E-state index contributed by atoms with van der Waals surface area (Å²) in [6.45, 7) is 0. The van der Waals surface area contributed by atoms with Gasteiger partial charge in [0.15, 0.2) is 0 Å². The summed E-state index contributed by atoms with van der Waals surface area (Å²) in [5.74, 6) is -0.324. The number of rotatable bonds is 1. The van der Waals surface area contributed by atoms with Crippen molar-refractivity contribution in [2.75, 3.05) is 7.11 Å². The Hall–Kier alpha value is -0.990. The highest BCUT2D eigenvalue weighted by Gasteiger charge is 2.17. The van der Waals surface area contributed by atoms with E-state index < -0.39 is 0 Å². The molecule has 1 radical (unpaired) electrons. The molecule has 0 aromatic heterocycles. The molecule has 0 fully saturated rings. The molecule has 1 rings (SSSR count). The minimum absolute atomic E-state index is 0.324. The molecule has 1 aliphatic rings. The standard InChI is InChI=1S/C8H12NO2/c1-11-8(10)6-4-2-3-5-7(6)9/h9H,2-5H2,1H3. The lowest BCUT2D eigenvalue weighted by atomic mass is 9.97. The van der Waals surface area contributed by atoms with Crippen LogP contribution in [0, 0.1) is 0 Å². The molecule has 0 saturated heterocycles. The highest BCUT2D eigenvalue weighted by molar-refractivity contribution is 5.89. The van der Waals surface area contributed by atoms with E-state index in [1.807, 2.05) is 0 Å². The normalized spacial score (nSPS) is 18.3. The number of carbonyl (C=O) groups excluding carboxylic acids is 1. The van der Waals surface area contributed by atoms with Crippen LogP contribution in [-0.4, -0.2) is 13.1 Å². The summed E-state index contributed by atoms with van der Waals surface area (Å²) >= 11 is 0. The molecule has 1 N–H and O–H groups in total. The zero-order chi connectivity index (χ0) is 8.27. The summed E-state index contributed by atoms with van der Waals surface area (Å²) in [4.78, 5) is 11.0. The third-order valence-electron chi connectivity index (χ3n) is 1.90. The van der Waals surface area contributed by atoms with Crippen molar-refractivity contribution in [1.82, 2.24) is 5.73 Å². The van der Waals surface area contributed by atoms with Gasteiger partial charge in [-0.05, 0) is 25.7 Å². The quantitative estimate of drug-likeness (QED) is 0.534. The van der Waals surface area contributed by atoms with Gasteiger partial charge in [0.1, 0.15) is 0 Å². The second kappa shape index (κ2) is 3.42. The van der Waals surface area contributed by atoms with Crippen molar-refractivity contribution < 1.29 is 9.53 Å². The first kappa shape index (κ1) is 8.11. The number of hydrogen-bond acceptors (Lipinski definition) is 2. The molecule has 0 aliphatic heterocycles. The highest BCUT2D eigenvalue weighted by atomic mass is 16.5. The molecule has 0 spiro atoms. The summed E-state index contributed by atoms with van der Waals surface area (Å²) in [5.41, 5.74) is 8.47. The van der Waals surface area contributed by atoms with E-state index in [0.29, 0.717) is 17.7 Å². The van der Waals surface area contributed by atoms with Crippen molar-refractivity contribution in [3.05, 3.63) is 11.3 Å². The van der Waals surface area contributed by atoms with Gasteiger partial charge in [0, 0.05) is 5.70 Å². The lowest BCUT2D eigenvalue weighted by molar-refractivity contribution is -0.136. The van der Waals surface area contributed by atoms with Crippen LogP contribution in [0.2, 0.25) is 0 Å². The molecule has 11 heavy (non-hydrogen) atoms. The average Bonchev–Trinajstić information content (AvgIpc) is 2.04. The lowest BCUT2D eigenvalue weighted by Gasteiger charge is -2.13. The Bertz CT molecular complexity index is 196. The summed E-state index contributed by atoms with van der Waals surface area (Å²) < 4.78 is 4.54. The van der Waals surface area contributed by atoms with Crippen LogP contribution in [0.15, 0.2) is 11.3 Å². The van der Waals surface area contributed by atoms with Crippen molar-refractivity contribution >= 4 is 5.97 Å². The van der Waals surface area contributed by atoms with Crippen LogP contribution in [0.1, 0.15) is 25.7 Å². The van der Waals surface area contributed by atoms with Gasteiger partial charge < -0.3 is 10.5 Å². The third-order valence-corrected chi connectivity index (χ3v) is 1.90. The van der Waals surface area contributed by atoms with E-state index in [4.69, 9.17) is 5.73 Å². The monoisotopic (exact) mass is 154 g/mol. The maximum atomic E-state index is 11.0. The molecule has 61 valence electrons. The van der Waals surface area contributed by atoms with Crippen LogP contribution >= 0.6 is 0 Å². The molecule has 0 saturated carbocycles. The van der Waals surface area contributed by atoms with E-state index in [1.165, 1.54) is 7.11 Å². The minimum atomic E-state index is -0.324. The number of esters is 1. The molecular weight excluding hydrogens is 142 g/mol. The lowest BCUT2D eigenvalue weighted by Crippen LogP contribution is -2.11. The number of hydrogen-bond donors (Lipinski definition) is 0. The highest BCUT2D eigenvalue weighted by Crippen LogP contribution is 2.22. The Kier molecular flexibility index (Phi) is 2.52. The molecule has 1 aliphatic carbocycles. The Morgan fingerprint density at radius 1 is 1.45 bits per heavy atom. The van der Waals surface area contributed by atoms with E-state index in [-0.39, 0.29) is 5.97 Å². The second-order valence-electron chi connectivity index (χ2n) is 2.66. The SMILES string of the molecule is COC(=O)C1=C([NH])CCCC1. The predicted octanol–water partition coefficient (Wildman–Crippen LogP) is 1.27. The Labute approximate surface area is 66.2 Å². The first-order valence-corrected chi connectivity index (χ1v) is 3.77. The fraction of sp³-hybridized carbons (Fsp3) is 0.625. The van der Waals surface area contributed by atoms with E-state index in [9.17, 15) is 4.79 Å². The van der Waals surface area contributed by atoms with Crippen LogP contribution in [0.4, 0.5) is 0 Å². The largest absolute Gasteiger partial charge is 0.466 e. The molecular formula is C8H12NO2. The van der Waals surface area contributed by atoms with E-state index in [0.717, 1.165) is 19.3 Å². The number of allylic oxidation sites excluding steroid dienone is 1. The first-order chi connectivity index (χ1) is 5.25. The third kappa shape index (κ3) is 1.73. The number of carbonyl (C=O) groups is 1. The predicted molar refractivity (Wildman–Crippen MR) is 40.6 cm³/mol. The summed E-state index contributed by atoms with van der Waals surface area (Å²) in [6, 6.07) is 0. The van der Waals surface area contributed by atoms with Gasteiger partial charge in [-0.15, -0.1) is 0 Å². The van der Waals surface area contributed by atoms with Gasteiger partial charge in [-0.2, -0.15) is 0 Å².